The molecule has 0 radical (unpaired) electrons. The number of anilines is 2. The van der Waals surface area contributed by atoms with Crippen LogP contribution in [0, 0.1) is 0 Å². The van der Waals surface area contributed by atoms with Crippen LogP contribution in [0.1, 0.15) is 19.8 Å². The number of pyridine rings is 1. The summed E-state index contributed by atoms with van der Waals surface area (Å²) in [6.07, 6.45) is 8.78. The quantitative estimate of drug-likeness (QED) is 0.570. The zero-order chi connectivity index (χ0) is 14.9. The van der Waals surface area contributed by atoms with Gasteiger partial charge in [-0.25, -0.2) is 4.98 Å². The molecular weight excluding hydrogens is 270 g/mol. The zero-order valence-electron chi connectivity index (χ0n) is 12.7. The first-order valence-electron chi connectivity index (χ1n) is 7.88. The third-order valence-corrected chi connectivity index (χ3v) is 4.22. The molecule has 110 valence electrons. The van der Waals surface area contributed by atoms with Gasteiger partial charge in [0.25, 0.3) is 0 Å². The highest BCUT2D eigenvalue weighted by atomic mass is 15.0. The highest BCUT2D eigenvalue weighted by Gasteiger charge is 2.20. The maximum Gasteiger partial charge on any atom is 0.138 e. The van der Waals surface area contributed by atoms with E-state index in [2.05, 4.69) is 64.5 Å². The molecule has 3 aromatic rings. The van der Waals surface area contributed by atoms with E-state index in [9.17, 15) is 0 Å². The number of fused-ring (bicyclic) bond motifs is 5. The molecule has 0 spiro atoms. The van der Waals surface area contributed by atoms with Gasteiger partial charge in [-0.1, -0.05) is 31.5 Å². The summed E-state index contributed by atoms with van der Waals surface area (Å²) in [4.78, 5) is 4.53. The first-order valence-corrected chi connectivity index (χ1v) is 7.88. The van der Waals surface area contributed by atoms with Gasteiger partial charge in [-0.2, -0.15) is 0 Å². The molecule has 1 N–H and O–H groups in total. The fourth-order valence-electron chi connectivity index (χ4n) is 3.08. The summed E-state index contributed by atoms with van der Waals surface area (Å²) in [6.45, 7) is 3.29. The average molecular weight is 289 g/mol. The van der Waals surface area contributed by atoms with E-state index in [1.54, 1.807) is 0 Å². The first-order chi connectivity index (χ1) is 10.9. The van der Waals surface area contributed by atoms with Crippen LogP contribution < -0.4 is 5.32 Å². The van der Waals surface area contributed by atoms with Crippen molar-refractivity contribution in [1.29, 1.82) is 0 Å². The summed E-state index contributed by atoms with van der Waals surface area (Å²) < 4.78 is 2.31. The maximum atomic E-state index is 4.53. The van der Waals surface area contributed by atoms with Gasteiger partial charge in [-0.15, -0.1) is 0 Å². The minimum absolute atomic E-state index is 0.932. The molecule has 0 atom stereocenters. The topological polar surface area (TPSA) is 29.9 Å². The van der Waals surface area contributed by atoms with Gasteiger partial charge in [-0.3, -0.25) is 0 Å². The summed E-state index contributed by atoms with van der Waals surface area (Å²) in [5.41, 5.74) is 6.08. The van der Waals surface area contributed by atoms with Gasteiger partial charge in [0.1, 0.15) is 5.82 Å². The average Bonchev–Trinajstić information content (AvgIpc) is 2.92. The Morgan fingerprint density at radius 1 is 0.955 bits per heavy atom. The molecule has 1 aliphatic heterocycles. The van der Waals surface area contributed by atoms with E-state index in [1.165, 1.54) is 35.1 Å². The fraction of sp³-hybridized carbons (Fsp3) is 0.211. The zero-order valence-corrected chi connectivity index (χ0v) is 12.7. The molecule has 0 bridgehead atoms. The monoisotopic (exact) mass is 289 g/mol. The molecule has 0 saturated heterocycles. The van der Waals surface area contributed by atoms with Crippen LogP contribution in [0.5, 0.6) is 0 Å². The van der Waals surface area contributed by atoms with Crippen molar-refractivity contribution >= 4 is 11.5 Å². The molecular formula is C19H19N3. The highest BCUT2D eigenvalue weighted by Crippen LogP contribution is 2.43. The summed E-state index contributed by atoms with van der Waals surface area (Å²) in [6, 6.07) is 12.6. The van der Waals surface area contributed by atoms with Crippen LogP contribution in [-0.2, 0) is 6.54 Å². The van der Waals surface area contributed by atoms with Crippen molar-refractivity contribution in [2.24, 2.45) is 0 Å². The molecule has 22 heavy (non-hydrogen) atoms. The molecule has 0 aliphatic carbocycles. The Morgan fingerprint density at radius 3 is 2.59 bits per heavy atom. The Kier molecular flexibility index (Phi) is 3.19. The van der Waals surface area contributed by atoms with E-state index < -0.39 is 0 Å². The van der Waals surface area contributed by atoms with Gasteiger partial charge in [0.05, 0.1) is 0 Å². The molecule has 0 amide bonds. The van der Waals surface area contributed by atoms with Gasteiger partial charge in [-0.05, 0) is 24.6 Å². The number of hydrogen-bond donors (Lipinski definition) is 1. The van der Waals surface area contributed by atoms with Crippen LogP contribution in [0.4, 0.5) is 11.5 Å². The second kappa shape index (κ2) is 5.34. The summed E-state index contributed by atoms with van der Waals surface area (Å²) in [5, 5.41) is 3.48. The maximum absolute atomic E-state index is 4.53. The molecule has 1 aliphatic rings. The number of hydrogen-bond acceptors (Lipinski definition) is 2. The van der Waals surface area contributed by atoms with Crippen LogP contribution in [0.25, 0.3) is 22.3 Å². The van der Waals surface area contributed by atoms with Gasteiger partial charge >= 0.3 is 0 Å². The van der Waals surface area contributed by atoms with Crippen LogP contribution in [0.2, 0.25) is 0 Å². The van der Waals surface area contributed by atoms with E-state index in [4.69, 9.17) is 0 Å². The Morgan fingerprint density at radius 2 is 1.73 bits per heavy atom. The van der Waals surface area contributed by atoms with Gasteiger partial charge in [0.15, 0.2) is 0 Å². The summed E-state index contributed by atoms with van der Waals surface area (Å²) in [7, 11) is 0. The third-order valence-electron chi connectivity index (χ3n) is 4.22. The molecule has 4 rings (SSSR count). The van der Waals surface area contributed by atoms with Gasteiger partial charge < -0.3 is 9.88 Å². The molecule has 0 saturated carbocycles. The minimum atomic E-state index is 0.932. The summed E-state index contributed by atoms with van der Waals surface area (Å²) in [5.74, 6) is 0.932. The second-order valence-corrected chi connectivity index (χ2v) is 5.75. The van der Waals surface area contributed by atoms with E-state index in [-0.39, 0.29) is 0 Å². The van der Waals surface area contributed by atoms with E-state index in [1.807, 2.05) is 12.3 Å². The molecule has 3 nitrogen and oxygen atoms in total. The predicted molar refractivity (Wildman–Crippen MR) is 91.3 cm³/mol. The lowest BCUT2D eigenvalue weighted by molar-refractivity contribution is 0.635. The Bertz CT molecular complexity index is 754. The van der Waals surface area contributed by atoms with Crippen LogP contribution in [0.15, 0.2) is 55.0 Å². The Balaban J connectivity index is 1.94. The standard InChI is InChI=1S/C19H19N3/c1-2-3-11-22-12-16-14-7-4-5-9-18(14)21-19-15(17(16)13-22)8-6-10-20-19/h4-10,12-13H,2-3,11H2,1H3,(H,20,21). The van der Waals surface area contributed by atoms with E-state index in [0.717, 1.165) is 18.1 Å². The van der Waals surface area contributed by atoms with Crippen molar-refractivity contribution in [3.8, 4) is 22.3 Å². The predicted octanol–water partition coefficient (Wildman–Crippen LogP) is 5.07. The number of rotatable bonds is 3. The van der Waals surface area contributed by atoms with Gasteiger partial charge in [0, 0.05) is 53.1 Å². The van der Waals surface area contributed by atoms with Crippen LogP contribution in [0.3, 0.4) is 0 Å². The number of aryl methyl sites for hydroxylation is 1. The fourth-order valence-corrected chi connectivity index (χ4v) is 3.08. The molecule has 0 fully saturated rings. The minimum Gasteiger partial charge on any atom is -0.353 e. The first kappa shape index (κ1) is 13.1. The van der Waals surface area contributed by atoms with Crippen molar-refractivity contribution in [2.45, 2.75) is 26.3 Å². The van der Waals surface area contributed by atoms with E-state index >= 15 is 0 Å². The Hall–Kier alpha value is -2.55. The molecule has 0 unspecified atom stereocenters. The number of aromatic nitrogens is 2. The van der Waals surface area contributed by atoms with Crippen molar-refractivity contribution in [2.75, 3.05) is 5.32 Å². The smallest absolute Gasteiger partial charge is 0.138 e. The van der Waals surface area contributed by atoms with Crippen molar-refractivity contribution in [1.82, 2.24) is 9.55 Å². The van der Waals surface area contributed by atoms with Gasteiger partial charge in [0.2, 0.25) is 0 Å². The van der Waals surface area contributed by atoms with E-state index in [0.29, 0.717) is 0 Å². The lowest BCUT2D eigenvalue weighted by atomic mass is 10.0. The molecule has 2 aromatic heterocycles. The molecule has 3 heterocycles. The number of unbranched alkanes of at least 4 members (excludes halogenated alkanes) is 1. The summed E-state index contributed by atoms with van der Waals surface area (Å²) >= 11 is 0. The SMILES string of the molecule is CCCCn1cc2c(c1)-c1cccnc1Nc1ccccc1-2. The normalized spacial score (nSPS) is 11.9. The van der Waals surface area contributed by atoms with Crippen molar-refractivity contribution < 1.29 is 0 Å². The van der Waals surface area contributed by atoms with Crippen molar-refractivity contribution in [3.05, 3.63) is 55.0 Å². The van der Waals surface area contributed by atoms with Crippen LogP contribution >= 0.6 is 0 Å². The number of nitrogens with zero attached hydrogens (tertiary/aromatic N) is 2. The number of nitrogens with one attached hydrogen (secondary N) is 1. The van der Waals surface area contributed by atoms with Crippen molar-refractivity contribution in [3.63, 3.8) is 0 Å². The Labute approximate surface area is 130 Å². The number of benzene rings is 1. The van der Waals surface area contributed by atoms with Crippen LogP contribution in [-0.4, -0.2) is 9.55 Å². The number of para-hydroxylation sites is 1. The molecule has 1 aromatic carbocycles. The lowest BCUT2D eigenvalue weighted by Gasteiger charge is -2.09. The third kappa shape index (κ3) is 2.10. The second-order valence-electron chi connectivity index (χ2n) is 5.75. The molecule has 3 heteroatoms. The lowest BCUT2D eigenvalue weighted by Crippen LogP contribution is -1.96. The largest absolute Gasteiger partial charge is 0.353 e. The highest BCUT2D eigenvalue weighted by molar-refractivity contribution is 5.97.